The lowest BCUT2D eigenvalue weighted by Gasteiger charge is -2.13. The molecule has 1 aliphatic rings. The normalized spacial score (nSPS) is 14.6. The van der Waals surface area contributed by atoms with Gasteiger partial charge in [-0.25, -0.2) is 9.18 Å². The Balaban J connectivity index is 2.29. The number of likely N-dealkylation sites (N-methyl/N-ethyl adjacent to an activating group) is 1. The lowest BCUT2D eigenvalue weighted by molar-refractivity contribution is -0.138. The van der Waals surface area contributed by atoms with E-state index in [0.29, 0.717) is 17.8 Å². The smallest absolute Gasteiger partial charge is 0.338 e. The van der Waals surface area contributed by atoms with Gasteiger partial charge in [0, 0.05) is 12.2 Å². The third-order valence-corrected chi connectivity index (χ3v) is 3.17. The van der Waals surface area contributed by atoms with Crippen LogP contribution in [0.15, 0.2) is 35.5 Å². The molecule has 1 amide bonds. The summed E-state index contributed by atoms with van der Waals surface area (Å²) in [6, 6.07) is 5.58. The first-order chi connectivity index (χ1) is 10.1. The molecule has 1 aliphatic heterocycles. The maximum absolute atomic E-state index is 12.9. The van der Waals surface area contributed by atoms with Crippen molar-refractivity contribution in [1.82, 2.24) is 4.90 Å². The van der Waals surface area contributed by atoms with E-state index in [-0.39, 0.29) is 30.6 Å². The second-order valence-electron chi connectivity index (χ2n) is 4.53. The minimum atomic E-state index is -0.508. The minimum absolute atomic E-state index is 0.196. The number of halogens is 1. The van der Waals surface area contributed by atoms with E-state index in [1.54, 1.807) is 6.92 Å². The van der Waals surface area contributed by atoms with E-state index in [1.165, 1.54) is 29.2 Å². The standard InChI is InChI=1S/C15H17FN2O3/c1-3-18-9-12(15(20)21-4-2)13(14(18)19)17-11-7-5-10(16)6-8-11/h5-8,17H,3-4,9H2,1-2H3. The average Bonchev–Trinajstić information content (AvgIpc) is 2.78. The molecule has 112 valence electrons. The third kappa shape index (κ3) is 3.21. The number of carbonyl (C=O) groups is 2. The van der Waals surface area contributed by atoms with Crippen molar-refractivity contribution in [2.24, 2.45) is 0 Å². The van der Waals surface area contributed by atoms with Gasteiger partial charge in [0.2, 0.25) is 0 Å². The van der Waals surface area contributed by atoms with E-state index < -0.39 is 5.97 Å². The van der Waals surface area contributed by atoms with Gasteiger partial charge in [-0.1, -0.05) is 0 Å². The van der Waals surface area contributed by atoms with E-state index in [9.17, 15) is 14.0 Å². The molecule has 0 aliphatic carbocycles. The van der Waals surface area contributed by atoms with Crippen LogP contribution < -0.4 is 5.32 Å². The second kappa shape index (κ2) is 6.39. The van der Waals surface area contributed by atoms with Crippen LogP contribution in [0.5, 0.6) is 0 Å². The summed E-state index contributed by atoms with van der Waals surface area (Å²) in [7, 11) is 0. The Labute approximate surface area is 122 Å². The van der Waals surface area contributed by atoms with Gasteiger partial charge in [-0.15, -0.1) is 0 Å². The summed E-state index contributed by atoms with van der Waals surface area (Å²) >= 11 is 0. The maximum Gasteiger partial charge on any atom is 0.338 e. The number of rotatable bonds is 5. The highest BCUT2D eigenvalue weighted by Crippen LogP contribution is 2.22. The number of esters is 1. The van der Waals surface area contributed by atoms with Gasteiger partial charge in [-0.3, -0.25) is 4.79 Å². The van der Waals surface area contributed by atoms with Crippen molar-refractivity contribution < 1.29 is 18.7 Å². The Bertz CT molecular complexity index is 581. The Morgan fingerprint density at radius 1 is 1.33 bits per heavy atom. The van der Waals surface area contributed by atoms with Gasteiger partial charge in [0.15, 0.2) is 0 Å². The van der Waals surface area contributed by atoms with Crippen LogP contribution in [-0.2, 0) is 14.3 Å². The number of nitrogens with one attached hydrogen (secondary N) is 1. The second-order valence-corrected chi connectivity index (χ2v) is 4.53. The Morgan fingerprint density at radius 3 is 2.57 bits per heavy atom. The third-order valence-electron chi connectivity index (χ3n) is 3.17. The summed E-state index contributed by atoms with van der Waals surface area (Å²) in [4.78, 5) is 25.7. The molecule has 5 nitrogen and oxygen atoms in total. The average molecular weight is 292 g/mol. The first-order valence-electron chi connectivity index (χ1n) is 6.79. The van der Waals surface area contributed by atoms with E-state index >= 15 is 0 Å². The zero-order valence-corrected chi connectivity index (χ0v) is 12.0. The predicted molar refractivity (Wildman–Crippen MR) is 75.9 cm³/mol. The fourth-order valence-corrected chi connectivity index (χ4v) is 2.08. The number of benzene rings is 1. The van der Waals surface area contributed by atoms with Crippen LogP contribution in [0.3, 0.4) is 0 Å². The van der Waals surface area contributed by atoms with Crippen molar-refractivity contribution >= 4 is 17.6 Å². The lowest BCUT2D eigenvalue weighted by Crippen LogP contribution is -2.28. The Morgan fingerprint density at radius 2 is 2.00 bits per heavy atom. The van der Waals surface area contributed by atoms with Gasteiger partial charge in [0.25, 0.3) is 5.91 Å². The molecule has 0 bridgehead atoms. The largest absolute Gasteiger partial charge is 0.463 e. The first-order valence-corrected chi connectivity index (χ1v) is 6.79. The number of nitrogens with zero attached hydrogens (tertiary/aromatic N) is 1. The van der Waals surface area contributed by atoms with Crippen LogP contribution >= 0.6 is 0 Å². The van der Waals surface area contributed by atoms with Crippen LogP contribution in [-0.4, -0.2) is 36.5 Å². The number of hydrogen-bond donors (Lipinski definition) is 1. The molecule has 6 heteroatoms. The summed E-state index contributed by atoms with van der Waals surface area (Å²) < 4.78 is 17.9. The zero-order chi connectivity index (χ0) is 15.4. The molecule has 0 saturated carbocycles. The molecule has 0 unspecified atom stereocenters. The molecule has 21 heavy (non-hydrogen) atoms. The number of ether oxygens (including phenoxy) is 1. The maximum atomic E-state index is 12.9. The van der Waals surface area contributed by atoms with Crippen molar-refractivity contribution in [2.45, 2.75) is 13.8 Å². The van der Waals surface area contributed by atoms with Crippen molar-refractivity contribution in [3.05, 3.63) is 41.4 Å². The number of amides is 1. The highest BCUT2D eigenvalue weighted by atomic mass is 19.1. The van der Waals surface area contributed by atoms with Crippen molar-refractivity contribution in [3.63, 3.8) is 0 Å². The van der Waals surface area contributed by atoms with E-state index in [0.717, 1.165) is 0 Å². The summed E-state index contributed by atoms with van der Waals surface area (Å²) in [5.41, 5.74) is 1.04. The molecular weight excluding hydrogens is 275 g/mol. The fourth-order valence-electron chi connectivity index (χ4n) is 2.08. The molecule has 1 aromatic carbocycles. The highest BCUT2D eigenvalue weighted by Gasteiger charge is 2.34. The monoisotopic (exact) mass is 292 g/mol. The van der Waals surface area contributed by atoms with Crippen molar-refractivity contribution in [2.75, 3.05) is 25.0 Å². The predicted octanol–water partition coefficient (Wildman–Crippen LogP) is 1.92. The Kier molecular flexibility index (Phi) is 4.57. The number of anilines is 1. The molecule has 0 aromatic heterocycles. The van der Waals surface area contributed by atoms with Gasteiger partial charge in [0.05, 0.1) is 18.7 Å². The van der Waals surface area contributed by atoms with Gasteiger partial charge < -0.3 is 15.0 Å². The summed E-state index contributed by atoms with van der Waals surface area (Å²) in [5, 5.41) is 2.89. The Hall–Kier alpha value is -2.37. The molecule has 0 atom stereocenters. The SMILES string of the molecule is CCOC(=O)C1=C(Nc2ccc(F)cc2)C(=O)N(CC)C1. The highest BCUT2D eigenvalue weighted by molar-refractivity contribution is 6.08. The molecule has 2 rings (SSSR count). The van der Waals surface area contributed by atoms with E-state index in [1.807, 2.05) is 6.92 Å². The van der Waals surface area contributed by atoms with Crippen LogP contribution in [0.4, 0.5) is 10.1 Å². The van der Waals surface area contributed by atoms with Crippen molar-refractivity contribution in [1.29, 1.82) is 0 Å². The quantitative estimate of drug-likeness (QED) is 0.842. The van der Waals surface area contributed by atoms with Crippen LogP contribution in [0.25, 0.3) is 0 Å². The topological polar surface area (TPSA) is 58.6 Å². The molecular formula is C15H17FN2O3. The molecule has 0 saturated heterocycles. The molecule has 1 heterocycles. The van der Waals surface area contributed by atoms with Crippen molar-refractivity contribution in [3.8, 4) is 0 Å². The zero-order valence-electron chi connectivity index (χ0n) is 12.0. The number of carbonyl (C=O) groups excluding carboxylic acids is 2. The van der Waals surface area contributed by atoms with Gasteiger partial charge >= 0.3 is 5.97 Å². The molecule has 0 radical (unpaired) electrons. The fraction of sp³-hybridized carbons (Fsp3) is 0.333. The summed E-state index contributed by atoms with van der Waals surface area (Å²) in [6.07, 6.45) is 0. The summed E-state index contributed by atoms with van der Waals surface area (Å²) in [5.74, 6) is -1.13. The van der Waals surface area contributed by atoms with Gasteiger partial charge in [-0.2, -0.15) is 0 Å². The first kappa shape index (κ1) is 15.0. The van der Waals surface area contributed by atoms with Crippen LogP contribution in [0, 0.1) is 5.82 Å². The van der Waals surface area contributed by atoms with Crippen LogP contribution in [0.1, 0.15) is 13.8 Å². The lowest BCUT2D eigenvalue weighted by atomic mass is 10.2. The molecule has 0 fully saturated rings. The number of hydrogen-bond acceptors (Lipinski definition) is 4. The minimum Gasteiger partial charge on any atom is -0.463 e. The summed E-state index contributed by atoms with van der Waals surface area (Å²) in [6.45, 7) is 4.50. The van der Waals surface area contributed by atoms with Crippen LogP contribution in [0.2, 0.25) is 0 Å². The molecule has 1 N–H and O–H groups in total. The molecule has 0 spiro atoms. The molecule has 1 aromatic rings. The van der Waals surface area contributed by atoms with E-state index in [2.05, 4.69) is 5.32 Å². The van der Waals surface area contributed by atoms with Gasteiger partial charge in [0.1, 0.15) is 11.5 Å². The van der Waals surface area contributed by atoms with E-state index in [4.69, 9.17) is 4.74 Å². The van der Waals surface area contributed by atoms with Gasteiger partial charge in [-0.05, 0) is 38.1 Å².